The summed E-state index contributed by atoms with van der Waals surface area (Å²) in [5.74, 6) is 0.745. The summed E-state index contributed by atoms with van der Waals surface area (Å²) >= 11 is 0. The van der Waals surface area contributed by atoms with Crippen LogP contribution in [0.5, 0.6) is 5.75 Å². The molecule has 0 unspecified atom stereocenters. The second-order valence-electron chi connectivity index (χ2n) is 5.37. The van der Waals surface area contributed by atoms with Gasteiger partial charge in [0, 0.05) is 0 Å². The Bertz CT molecular complexity index is 624. The van der Waals surface area contributed by atoms with Gasteiger partial charge in [0.1, 0.15) is 5.75 Å². The molecule has 0 aliphatic heterocycles. The van der Waals surface area contributed by atoms with Crippen molar-refractivity contribution in [1.82, 2.24) is 0 Å². The zero-order valence-electron chi connectivity index (χ0n) is 12.0. The molecular weight excluding hydrogens is 303 g/mol. The van der Waals surface area contributed by atoms with E-state index in [1.165, 1.54) is 25.0 Å². The van der Waals surface area contributed by atoms with Gasteiger partial charge in [-0.15, -0.1) is 5.46 Å². The molecule has 2 aromatic carbocycles. The van der Waals surface area contributed by atoms with Crippen molar-refractivity contribution in [2.75, 3.05) is 0 Å². The van der Waals surface area contributed by atoms with E-state index in [4.69, 9.17) is 4.74 Å². The van der Waals surface area contributed by atoms with Crippen molar-refractivity contribution in [3.8, 4) is 5.75 Å². The average Bonchev–Trinajstić information content (AvgIpc) is 2.90. The van der Waals surface area contributed by atoms with Crippen LogP contribution >= 0.6 is 0 Å². The molecule has 1 saturated carbocycles. The van der Waals surface area contributed by atoms with Crippen molar-refractivity contribution < 1.29 is 69.1 Å². The van der Waals surface area contributed by atoms with Gasteiger partial charge in [0.2, 0.25) is 0 Å². The number of ether oxygens (including phenoxy) is 1. The molecule has 21 heavy (non-hydrogen) atoms. The molecule has 0 heterocycles. The molecule has 1 aliphatic carbocycles. The van der Waals surface area contributed by atoms with Crippen LogP contribution in [0.15, 0.2) is 36.4 Å². The van der Waals surface area contributed by atoms with E-state index in [1.54, 1.807) is 12.1 Å². The minimum atomic E-state index is -4.94. The van der Waals surface area contributed by atoms with E-state index in [1.807, 2.05) is 6.07 Å². The van der Waals surface area contributed by atoms with Crippen molar-refractivity contribution in [2.24, 2.45) is 0 Å². The maximum Gasteiger partial charge on any atom is 1.00 e. The topological polar surface area (TPSA) is 9.23 Å². The monoisotopic (exact) mass is 318 g/mol. The second-order valence-corrected chi connectivity index (χ2v) is 5.37. The Morgan fingerprint density at radius 3 is 2.19 bits per heavy atom. The summed E-state index contributed by atoms with van der Waals surface area (Å²) in [4.78, 5) is 0. The first-order valence-corrected chi connectivity index (χ1v) is 6.93. The van der Waals surface area contributed by atoms with Gasteiger partial charge in [0.25, 0.3) is 0 Å². The predicted octanol–water partition coefficient (Wildman–Crippen LogP) is 1.22. The van der Waals surface area contributed by atoms with Crippen LogP contribution in [-0.4, -0.2) is 13.1 Å². The molecule has 0 saturated heterocycles. The van der Waals surface area contributed by atoms with Crippen LogP contribution in [0.1, 0.15) is 25.7 Å². The Kier molecular flexibility index (Phi) is 5.82. The first kappa shape index (κ1) is 17.3. The Morgan fingerprint density at radius 1 is 0.905 bits per heavy atom. The van der Waals surface area contributed by atoms with Crippen LogP contribution in [0.25, 0.3) is 10.8 Å². The molecule has 1 nitrogen and oxygen atoms in total. The van der Waals surface area contributed by atoms with E-state index in [0.29, 0.717) is 5.39 Å². The summed E-state index contributed by atoms with van der Waals surface area (Å²) < 4.78 is 44.0. The van der Waals surface area contributed by atoms with E-state index in [2.05, 4.69) is 0 Å². The zero-order chi connectivity index (χ0) is 14.2. The normalized spacial score (nSPS) is 16.0. The number of benzene rings is 2. The Labute approximate surface area is 164 Å². The Hall–Kier alpha value is -0.00870. The zero-order valence-corrected chi connectivity index (χ0v) is 15.1. The van der Waals surface area contributed by atoms with E-state index in [9.17, 15) is 12.9 Å². The minimum Gasteiger partial charge on any atom is -0.490 e. The van der Waals surface area contributed by atoms with Crippen LogP contribution < -0.4 is 61.6 Å². The van der Waals surface area contributed by atoms with E-state index < -0.39 is 12.4 Å². The number of halogens is 3. The van der Waals surface area contributed by atoms with Gasteiger partial charge in [-0.1, -0.05) is 24.3 Å². The minimum absolute atomic E-state index is 0. The largest absolute Gasteiger partial charge is 1.00 e. The first-order chi connectivity index (χ1) is 9.52. The Balaban J connectivity index is 0.00000161. The van der Waals surface area contributed by atoms with Gasteiger partial charge in [-0.3, -0.25) is 0 Å². The van der Waals surface area contributed by atoms with Gasteiger partial charge in [-0.05, 0) is 48.6 Å². The quantitative estimate of drug-likeness (QED) is 0.774. The van der Waals surface area contributed by atoms with Crippen molar-refractivity contribution in [1.29, 1.82) is 0 Å². The second kappa shape index (κ2) is 7.05. The fourth-order valence-electron chi connectivity index (χ4n) is 2.72. The fourth-order valence-corrected chi connectivity index (χ4v) is 2.72. The number of rotatable bonds is 3. The molecule has 0 N–H and O–H groups in total. The SMILES string of the molecule is F[B-](F)(F)c1ccc2cc(OC3CCCC3)ccc2c1.[K+]. The molecule has 0 aromatic heterocycles. The standard InChI is InChI=1S/C15H15BF3O.K/c17-16(18,19)13-7-5-12-10-15(8-6-11(12)9-13)20-14-3-1-2-4-14;/h5-10,14H,1-4H2;/q-1;+1. The molecule has 6 heteroatoms. The van der Waals surface area contributed by atoms with Crippen LogP contribution in [0.3, 0.4) is 0 Å². The number of fused-ring (bicyclic) bond motifs is 1. The third-order valence-electron chi connectivity index (χ3n) is 3.82. The molecule has 1 aliphatic rings. The maximum absolute atomic E-state index is 12.7. The number of hydrogen-bond acceptors (Lipinski definition) is 1. The maximum atomic E-state index is 12.7. The van der Waals surface area contributed by atoms with Crippen molar-refractivity contribution in [3.63, 3.8) is 0 Å². The van der Waals surface area contributed by atoms with Crippen LogP contribution in [0.2, 0.25) is 0 Å². The third kappa shape index (κ3) is 4.26. The summed E-state index contributed by atoms with van der Waals surface area (Å²) in [6, 6.07) is 9.14. The number of hydrogen-bond donors (Lipinski definition) is 0. The van der Waals surface area contributed by atoms with Gasteiger partial charge < -0.3 is 17.7 Å². The van der Waals surface area contributed by atoms with Gasteiger partial charge >= 0.3 is 58.4 Å². The molecule has 0 radical (unpaired) electrons. The molecule has 0 atom stereocenters. The molecule has 0 bridgehead atoms. The van der Waals surface area contributed by atoms with E-state index in [0.717, 1.165) is 30.0 Å². The first-order valence-electron chi connectivity index (χ1n) is 6.93. The van der Waals surface area contributed by atoms with Crippen LogP contribution in [0.4, 0.5) is 12.9 Å². The van der Waals surface area contributed by atoms with Crippen LogP contribution in [-0.2, 0) is 0 Å². The van der Waals surface area contributed by atoms with Crippen molar-refractivity contribution in [3.05, 3.63) is 36.4 Å². The molecule has 2 aromatic rings. The molecule has 3 rings (SSSR count). The molecule has 0 spiro atoms. The summed E-state index contributed by atoms with van der Waals surface area (Å²) in [6.45, 7) is -4.94. The molecular formula is C15H15BF3KO. The summed E-state index contributed by atoms with van der Waals surface area (Å²) in [6.07, 6.45) is 4.76. The van der Waals surface area contributed by atoms with Crippen LogP contribution in [0, 0.1) is 0 Å². The third-order valence-corrected chi connectivity index (χ3v) is 3.82. The average molecular weight is 318 g/mol. The van der Waals surface area contributed by atoms with Crippen molar-refractivity contribution in [2.45, 2.75) is 31.8 Å². The predicted molar refractivity (Wildman–Crippen MR) is 75.5 cm³/mol. The summed E-state index contributed by atoms with van der Waals surface area (Å²) in [5, 5.41) is 1.38. The molecule has 106 valence electrons. The smallest absolute Gasteiger partial charge is 0.490 e. The molecule has 0 amide bonds. The summed E-state index contributed by atoms with van der Waals surface area (Å²) in [5.41, 5.74) is -0.554. The van der Waals surface area contributed by atoms with Gasteiger partial charge in [0.15, 0.2) is 0 Å². The van der Waals surface area contributed by atoms with Gasteiger partial charge in [-0.25, -0.2) is 0 Å². The van der Waals surface area contributed by atoms with E-state index in [-0.39, 0.29) is 57.5 Å². The van der Waals surface area contributed by atoms with Crippen molar-refractivity contribution >= 4 is 23.2 Å². The fraction of sp³-hybridized carbons (Fsp3) is 0.333. The van der Waals surface area contributed by atoms with E-state index >= 15 is 0 Å². The summed E-state index contributed by atoms with van der Waals surface area (Å²) in [7, 11) is 0. The van der Waals surface area contributed by atoms with Gasteiger partial charge in [0.05, 0.1) is 6.10 Å². The van der Waals surface area contributed by atoms with Gasteiger partial charge in [-0.2, -0.15) is 0 Å². The Morgan fingerprint density at radius 2 is 1.52 bits per heavy atom. The molecule has 1 fully saturated rings.